The molecule has 0 saturated carbocycles. The third-order valence-electron chi connectivity index (χ3n) is 3.62. The summed E-state index contributed by atoms with van der Waals surface area (Å²) in [4.78, 5) is 16.4. The summed E-state index contributed by atoms with van der Waals surface area (Å²) in [6.45, 7) is -0.0335. The highest BCUT2D eigenvalue weighted by Crippen LogP contribution is 2.16. The number of benzene rings is 2. The number of anilines is 1. The lowest BCUT2D eigenvalue weighted by Crippen LogP contribution is -2.28. The van der Waals surface area contributed by atoms with E-state index in [0.29, 0.717) is 10.8 Å². The monoisotopic (exact) mass is 389 g/mol. The van der Waals surface area contributed by atoms with Crippen LogP contribution in [0.1, 0.15) is 6.42 Å². The van der Waals surface area contributed by atoms with E-state index < -0.39 is 10.0 Å². The molecule has 0 atom stereocenters. The highest BCUT2D eigenvalue weighted by molar-refractivity contribution is 7.89. The highest BCUT2D eigenvalue weighted by Gasteiger charge is 2.14. The molecule has 1 amide bonds. The fourth-order valence-electron chi connectivity index (χ4n) is 2.36. The van der Waals surface area contributed by atoms with Crippen molar-refractivity contribution in [2.45, 2.75) is 11.3 Å². The summed E-state index contributed by atoms with van der Waals surface area (Å²) < 4.78 is 26.7. The normalized spacial score (nSPS) is 11.4. The SMILES string of the molecule is O=C(CCNS(=O)(=O)c1cccc(Cl)c1)Nc1ccc2ccccc2n1. The summed E-state index contributed by atoms with van der Waals surface area (Å²) in [5.41, 5.74) is 0.770. The van der Waals surface area contributed by atoms with Crippen LogP contribution < -0.4 is 10.0 Å². The molecule has 26 heavy (non-hydrogen) atoms. The van der Waals surface area contributed by atoms with Crippen LogP contribution in [0.3, 0.4) is 0 Å². The van der Waals surface area contributed by atoms with Gasteiger partial charge in [0.1, 0.15) is 5.82 Å². The summed E-state index contributed by atoms with van der Waals surface area (Å²) >= 11 is 5.80. The zero-order chi connectivity index (χ0) is 18.6. The first-order valence-electron chi connectivity index (χ1n) is 7.85. The van der Waals surface area contributed by atoms with E-state index in [4.69, 9.17) is 11.6 Å². The predicted octanol–water partition coefficient (Wildman–Crippen LogP) is 3.20. The van der Waals surface area contributed by atoms with E-state index in [1.165, 1.54) is 12.1 Å². The quantitative estimate of drug-likeness (QED) is 0.677. The van der Waals surface area contributed by atoms with Crippen LogP contribution >= 0.6 is 11.6 Å². The Kier molecular flexibility index (Phi) is 5.51. The van der Waals surface area contributed by atoms with Gasteiger partial charge in [0.2, 0.25) is 15.9 Å². The summed E-state index contributed by atoms with van der Waals surface area (Å²) in [5, 5.41) is 3.96. The molecule has 0 unspecified atom stereocenters. The smallest absolute Gasteiger partial charge is 0.240 e. The molecule has 134 valence electrons. The van der Waals surface area contributed by atoms with Gasteiger partial charge in [-0.1, -0.05) is 35.9 Å². The van der Waals surface area contributed by atoms with Gasteiger partial charge >= 0.3 is 0 Å². The number of pyridine rings is 1. The van der Waals surface area contributed by atoms with E-state index in [2.05, 4.69) is 15.0 Å². The zero-order valence-corrected chi connectivity index (χ0v) is 15.2. The molecule has 0 aliphatic heterocycles. The van der Waals surface area contributed by atoms with Crippen LogP contribution in [0, 0.1) is 0 Å². The number of para-hydroxylation sites is 1. The molecule has 0 saturated heterocycles. The van der Waals surface area contributed by atoms with Crippen molar-refractivity contribution in [3.63, 3.8) is 0 Å². The minimum absolute atomic E-state index is 0.0195. The van der Waals surface area contributed by atoms with Gasteiger partial charge in [0.25, 0.3) is 0 Å². The van der Waals surface area contributed by atoms with Crippen molar-refractivity contribution >= 4 is 44.3 Å². The van der Waals surface area contributed by atoms with E-state index in [0.717, 1.165) is 10.9 Å². The average Bonchev–Trinajstić information content (AvgIpc) is 2.61. The third kappa shape index (κ3) is 4.57. The van der Waals surface area contributed by atoms with Crippen molar-refractivity contribution in [3.05, 3.63) is 65.7 Å². The van der Waals surface area contributed by atoms with Crippen LogP contribution in [0.2, 0.25) is 5.02 Å². The molecule has 0 aliphatic rings. The highest BCUT2D eigenvalue weighted by atomic mass is 35.5. The van der Waals surface area contributed by atoms with E-state index in [-0.39, 0.29) is 23.8 Å². The number of fused-ring (bicyclic) bond motifs is 1. The van der Waals surface area contributed by atoms with Gasteiger partial charge in [-0.2, -0.15) is 0 Å². The van der Waals surface area contributed by atoms with E-state index in [1.807, 2.05) is 30.3 Å². The molecule has 2 N–H and O–H groups in total. The summed E-state index contributed by atoms with van der Waals surface area (Å²) in [6.07, 6.45) is -0.0195. The second-order valence-electron chi connectivity index (χ2n) is 5.54. The van der Waals surface area contributed by atoms with E-state index in [1.54, 1.807) is 18.2 Å². The summed E-state index contributed by atoms with van der Waals surface area (Å²) in [7, 11) is -3.71. The number of hydrogen-bond donors (Lipinski definition) is 2. The molecule has 1 aromatic heterocycles. The molecule has 1 heterocycles. The van der Waals surface area contributed by atoms with Gasteiger partial charge in [-0.3, -0.25) is 4.79 Å². The van der Waals surface area contributed by atoms with Crippen LogP contribution in [-0.4, -0.2) is 25.9 Å². The van der Waals surface area contributed by atoms with E-state index >= 15 is 0 Å². The van der Waals surface area contributed by atoms with Gasteiger partial charge < -0.3 is 5.32 Å². The largest absolute Gasteiger partial charge is 0.311 e. The molecule has 0 bridgehead atoms. The fraction of sp³-hybridized carbons (Fsp3) is 0.111. The first kappa shape index (κ1) is 18.3. The second kappa shape index (κ2) is 7.82. The molecule has 0 spiro atoms. The number of sulfonamides is 1. The van der Waals surface area contributed by atoms with Crippen LogP contribution in [0.25, 0.3) is 10.9 Å². The number of rotatable bonds is 6. The van der Waals surface area contributed by atoms with Crippen LogP contribution in [0.5, 0.6) is 0 Å². The Hall–Kier alpha value is -2.48. The number of carbonyl (C=O) groups excluding carboxylic acids is 1. The lowest BCUT2D eigenvalue weighted by Gasteiger charge is -2.08. The number of nitrogens with one attached hydrogen (secondary N) is 2. The lowest BCUT2D eigenvalue weighted by atomic mass is 10.2. The predicted molar refractivity (Wildman–Crippen MR) is 102 cm³/mol. The van der Waals surface area contributed by atoms with Gasteiger partial charge in [0.05, 0.1) is 10.4 Å². The Morgan fingerprint density at radius 3 is 2.65 bits per heavy atom. The van der Waals surface area contributed by atoms with Gasteiger partial charge in [0, 0.05) is 23.4 Å². The Morgan fingerprint density at radius 1 is 1.04 bits per heavy atom. The number of hydrogen-bond acceptors (Lipinski definition) is 4. The average molecular weight is 390 g/mol. The third-order valence-corrected chi connectivity index (χ3v) is 5.31. The summed E-state index contributed by atoms with van der Waals surface area (Å²) in [6, 6.07) is 17.1. The van der Waals surface area contributed by atoms with Gasteiger partial charge in [-0.25, -0.2) is 18.1 Å². The standard InChI is InChI=1S/C18H16ClN3O3S/c19-14-5-3-6-15(12-14)26(24,25)20-11-10-18(23)22-17-9-8-13-4-1-2-7-16(13)21-17/h1-9,12,20H,10-11H2,(H,21,22,23). The molecule has 2 aromatic carbocycles. The van der Waals surface area contributed by atoms with Crippen molar-refractivity contribution in [2.75, 3.05) is 11.9 Å². The summed E-state index contributed by atoms with van der Waals surface area (Å²) in [5.74, 6) is 0.0907. The molecular weight excluding hydrogens is 374 g/mol. The van der Waals surface area contributed by atoms with Crippen LogP contribution in [-0.2, 0) is 14.8 Å². The Morgan fingerprint density at radius 2 is 1.85 bits per heavy atom. The molecule has 6 nitrogen and oxygen atoms in total. The van der Waals surface area contributed by atoms with Gasteiger partial charge in [-0.15, -0.1) is 0 Å². The molecule has 3 aromatic rings. The van der Waals surface area contributed by atoms with Crippen molar-refractivity contribution < 1.29 is 13.2 Å². The van der Waals surface area contributed by atoms with E-state index in [9.17, 15) is 13.2 Å². The van der Waals surface area contributed by atoms with Crippen molar-refractivity contribution in [3.8, 4) is 0 Å². The maximum Gasteiger partial charge on any atom is 0.240 e. The molecule has 0 radical (unpaired) electrons. The fourth-order valence-corrected chi connectivity index (χ4v) is 3.69. The Labute approximate surface area is 156 Å². The first-order valence-corrected chi connectivity index (χ1v) is 9.71. The minimum atomic E-state index is -3.71. The Balaban J connectivity index is 1.56. The maximum atomic E-state index is 12.2. The van der Waals surface area contributed by atoms with Crippen molar-refractivity contribution in [1.82, 2.24) is 9.71 Å². The Bertz CT molecular complexity index is 1050. The molecule has 0 fully saturated rings. The topological polar surface area (TPSA) is 88.2 Å². The molecule has 0 aliphatic carbocycles. The lowest BCUT2D eigenvalue weighted by molar-refractivity contribution is -0.116. The number of halogens is 1. The molecule has 3 rings (SSSR count). The van der Waals surface area contributed by atoms with Crippen LogP contribution in [0.15, 0.2) is 65.6 Å². The minimum Gasteiger partial charge on any atom is -0.311 e. The number of nitrogens with zero attached hydrogens (tertiary/aromatic N) is 1. The molecule has 8 heteroatoms. The maximum absolute atomic E-state index is 12.2. The van der Waals surface area contributed by atoms with Crippen molar-refractivity contribution in [1.29, 1.82) is 0 Å². The number of carbonyl (C=O) groups is 1. The second-order valence-corrected chi connectivity index (χ2v) is 7.75. The molecular formula is C18H16ClN3O3S. The first-order chi connectivity index (χ1) is 12.4. The number of amides is 1. The van der Waals surface area contributed by atoms with Crippen LogP contribution in [0.4, 0.5) is 5.82 Å². The number of aromatic nitrogens is 1. The zero-order valence-electron chi connectivity index (χ0n) is 13.6. The van der Waals surface area contributed by atoms with Gasteiger partial charge in [0.15, 0.2) is 0 Å². The van der Waals surface area contributed by atoms with Crippen molar-refractivity contribution in [2.24, 2.45) is 0 Å². The van der Waals surface area contributed by atoms with Gasteiger partial charge in [-0.05, 0) is 36.4 Å².